The van der Waals surface area contributed by atoms with Gasteiger partial charge in [-0.15, -0.1) is 0 Å². The molecule has 0 spiro atoms. The Bertz CT molecular complexity index is 461. The van der Waals surface area contributed by atoms with Crippen molar-refractivity contribution in [3.63, 3.8) is 0 Å². The van der Waals surface area contributed by atoms with Crippen LogP contribution in [0.15, 0.2) is 12.3 Å². The van der Waals surface area contributed by atoms with E-state index >= 15 is 0 Å². The van der Waals surface area contributed by atoms with Crippen LogP contribution in [0.25, 0.3) is 0 Å². The number of hydrogen-bond acceptors (Lipinski definition) is 3. The van der Waals surface area contributed by atoms with E-state index in [-0.39, 0.29) is 6.04 Å². The molecule has 0 saturated heterocycles. The van der Waals surface area contributed by atoms with Gasteiger partial charge in [0.25, 0.3) is 0 Å². The van der Waals surface area contributed by atoms with E-state index < -0.39 is 12.7 Å². The van der Waals surface area contributed by atoms with E-state index in [9.17, 15) is 13.2 Å². The topological polar surface area (TPSA) is 28.2 Å². The number of hydrogen-bond donors (Lipinski definition) is 1. The summed E-state index contributed by atoms with van der Waals surface area (Å²) in [5.74, 6) is 0.349. The molecule has 0 amide bonds. The zero-order chi connectivity index (χ0) is 14.8. The minimum Gasteiger partial charge on any atom is -0.345 e. The molecule has 1 saturated carbocycles. The Labute approximate surface area is 121 Å². The van der Waals surface area contributed by atoms with Crippen LogP contribution in [-0.4, -0.2) is 30.3 Å². The number of aromatic nitrogens is 1. The number of nitrogens with zero attached hydrogens (tertiary/aromatic N) is 2. The van der Waals surface area contributed by atoms with Crippen molar-refractivity contribution >= 4 is 17.4 Å². The van der Waals surface area contributed by atoms with Gasteiger partial charge in [-0.25, -0.2) is 4.98 Å². The second kappa shape index (κ2) is 6.18. The predicted molar refractivity (Wildman–Crippen MR) is 73.1 cm³/mol. The largest absolute Gasteiger partial charge is 0.405 e. The Morgan fingerprint density at radius 1 is 1.45 bits per heavy atom. The van der Waals surface area contributed by atoms with Crippen molar-refractivity contribution in [1.82, 2.24) is 10.3 Å². The molecule has 7 heteroatoms. The molecule has 20 heavy (non-hydrogen) atoms. The summed E-state index contributed by atoms with van der Waals surface area (Å²) in [5, 5.41) is 3.58. The van der Waals surface area contributed by atoms with Crippen LogP contribution in [0.2, 0.25) is 5.02 Å². The highest BCUT2D eigenvalue weighted by Crippen LogP contribution is 2.34. The average molecular weight is 308 g/mol. The molecular weight excluding hydrogens is 291 g/mol. The van der Waals surface area contributed by atoms with Crippen molar-refractivity contribution in [2.75, 3.05) is 18.0 Å². The van der Waals surface area contributed by atoms with E-state index in [2.05, 4.69) is 10.3 Å². The lowest BCUT2D eigenvalue weighted by atomic mass is 10.2. The Morgan fingerprint density at radius 2 is 2.15 bits per heavy atom. The molecular formula is C13H17ClF3N3. The van der Waals surface area contributed by atoms with Crippen molar-refractivity contribution in [2.45, 2.75) is 38.5 Å². The minimum atomic E-state index is -4.23. The number of nitrogens with one attached hydrogen (secondary N) is 1. The van der Waals surface area contributed by atoms with Gasteiger partial charge >= 0.3 is 6.18 Å². The van der Waals surface area contributed by atoms with E-state index in [1.807, 2.05) is 6.92 Å². The molecule has 1 heterocycles. The lowest BCUT2D eigenvalue weighted by Crippen LogP contribution is -2.36. The molecule has 0 aromatic carbocycles. The van der Waals surface area contributed by atoms with Gasteiger partial charge in [-0.05, 0) is 31.0 Å². The maximum absolute atomic E-state index is 12.7. The van der Waals surface area contributed by atoms with Gasteiger partial charge in [0.15, 0.2) is 0 Å². The number of halogens is 4. The molecule has 1 aliphatic rings. The number of rotatable bonds is 6. The SMILES string of the molecule is CCNCc1cc(N(CC(F)(F)F)C2CC2)ncc1Cl. The Hall–Kier alpha value is -1.01. The van der Waals surface area contributed by atoms with Gasteiger partial charge in [0.05, 0.1) is 5.02 Å². The third-order valence-electron chi connectivity index (χ3n) is 3.12. The van der Waals surface area contributed by atoms with Crippen LogP contribution in [0.5, 0.6) is 0 Å². The summed E-state index contributed by atoms with van der Waals surface area (Å²) in [5.41, 5.74) is 0.770. The van der Waals surface area contributed by atoms with Crippen molar-refractivity contribution in [3.05, 3.63) is 22.8 Å². The molecule has 1 aliphatic carbocycles. The number of alkyl halides is 3. The Balaban J connectivity index is 2.20. The first-order valence-electron chi connectivity index (χ1n) is 6.59. The van der Waals surface area contributed by atoms with E-state index in [1.165, 1.54) is 11.1 Å². The summed E-state index contributed by atoms with van der Waals surface area (Å²) in [6.07, 6.45) is -1.24. The Morgan fingerprint density at radius 3 is 2.70 bits per heavy atom. The van der Waals surface area contributed by atoms with Crippen molar-refractivity contribution < 1.29 is 13.2 Å². The molecule has 1 fully saturated rings. The fraction of sp³-hybridized carbons (Fsp3) is 0.615. The van der Waals surface area contributed by atoms with Crippen LogP contribution < -0.4 is 10.2 Å². The predicted octanol–water partition coefficient (Wildman–Crippen LogP) is 3.38. The van der Waals surface area contributed by atoms with Gasteiger partial charge in [0, 0.05) is 18.8 Å². The second-order valence-electron chi connectivity index (χ2n) is 4.89. The maximum atomic E-state index is 12.7. The third kappa shape index (κ3) is 4.24. The quantitative estimate of drug-likeness (QED) is 0.873. The third-order valence-corrected chi connectivity index (χ3v) is 3.46. The fourth-order valence-corrected chi connectivity index (χ4v) is 2.17. The summed E-state index contributed by atoms with van der Waals surface area (Å²) < 4.78 is 38.0. The summed E-state index contributed by atoms with van der Waals surface area (Å²) in [6.45, 7) is 2.28. The lowest BCUT2D eigenvalue weighted by Gasteiger charge is -2.25. The summed E-state index contributed by atoms with van der Waals surface area (Å²) in [7, 11) is 0. The van der Waals surface area contributed by atoms with Gasteiger partial charge < -0.3 is 10.2 Å². The molecule has 0 aliphatic heterocycles. The molecule has 0 radical (unpaired) electrons. The Kier molecular flexibility index (Phi) is 4.75. The lowest BCUT2D eigenvalue weighted by molar-refractivity contribution is -0.120. The molecule has 1 aromatic heterocycles. The molecule has 3 nitrogen and oxygen atoms in total. The summed E-state index contributed by atoms with van der Waals surface area (Å²) in [6, 6.07) is 1.59. The maximum Gasteiger partial charge on any atom is 0.405 e. The van der Waals surface area contributed by atoms with E-state index in [4.69, 9.17) is 11.6 Å². The van der Waals surface area contributed by atoms with E-state index in [0.29, 0.717) is 17.4 Å². The van der Waals surface area contributed by atoms with Crippen molar-refractivity contribution in [3.8, 4) is 0 Å². The van der Waals surface area contributed by atoms with Gasteiger partial charge in [-0.2, -0.15) is 13.2 Å². The smallest absolute Gasteiger partial charge is 0.345 e. The highest BCUT2D eigenvalue weighted by molar-refractivity contribution is 6.31. The molecule has 0 unspecified atom stereocenters. The highest BCUT2D eigenvalue weighted by Gasteiger charge is 2.38. The molecule has 112 valence electrons. The molecule has 1 aromatic rings. The van der Waals surface area contributed by atoms with Gasteiger partial charge in [0.1, 0.15) is 12.4 Å². The van der Waals surface area contributed by atoms with Crippen LogP contribution in [0.4, 0.5) is 19.0 Å². The van der Waals surface area contributed by atoms with Crippen LogP contribution in [0.3, 0.4) is 0 Å². The normalized spacial score (nSPS) is 15.4. The van der Waals surface area contributed by atoms with Gasteiger partial charge in [-0.1, -0.05) is 18.5 Å². The van der Waals surface area contributed by atoms with Crippen molar-refractivity contribution in [2.24, 2.45) is 0 Å². The molecule has 2 rings (SSSR count). The molecule has 0 bridgehead atoms. The van der Waals surface area contributed by atoms with Crippen molar-refractivity contribution in [1.29, 1.82) is 0 Å². The fourth-order valence-electron chi connectivity index (χ4n) is 2.00. The summed E-state index contributed by atoms with van der Waals surface area (Å²) in [4.78, 5) is 5.38. The van der Waals surface area contributed by atoms with E-state index in [0.717, 1.165) is 24.9 Å². The first-order chi connectivity index (χ1) is 9.40. The summed E-state index contributed by atoms with van der Waals surface area (Å²) >= 11 is 6.02. The second-order valence-corrected chi connectivity index (χ2v) is 5.30. The highest BCUT2D eigenvalue weighted by atomic mass is 35.5. The van der Waals surface area contributed by atoms with Gasteiger partial charge in [0.2, 0.25) is 0 Å². The minimum absolute atomic E-state index is 0.0581. The standard InChI is InChI=1S/C13H17ClF3N3/c1-2-18-6-9-5-12(19-7-11(9)14)20(10-3-4-10)8-13(15,16)17/h5,7,10,18H,2-4,6,8H2,1H3. The van der Waals surface area contributed by atoms with Crippen LogP contribution in [0, 0.1) is 0 Å². The molecule has 0 atom stereocenters. The van der Waals surface area contributed by atoms with E-state index in [1.54, 1.807) is 6.07 Å². The van der Waals surface area contributed by atoms with Crippen LogP contribution >= 0.6 is 11.6 Å². The average Bonchev–Trinajstić information content (AvgIpc) is 3.18. The van der Waals surface area contributed by atoms with Crippen LogP contribution in [-0.2, 0) is 6.54 Å². The zero-order valence-corrected chi connectivity index (χ0v) is 11.9. The number of pyridine rings is 1. The molecule has 1 N–H and O–H groups in total. The first-order valence-corrected chi connectivity index (χ1v) is 6.97. The zero-order valence-electron chi connectivity index (χ0n) is 11.2. The monoisotopic (exact) mass is 307 g/mol. The first kappa shape index (κ1) is 15.4. The number of anilines is 1. The van der Waals surface area contributed by atoms with Gasteiger partial charge in [-0.3, -0.25) is 0 Å². The van der Waals surface area contributed by atoms with Crippen LogP contribution in [0.1, 0.15) is 25.3 Å².